The van der Waals surface area contributed by atoms with Crippen LogP contribution in [0.25, 0.3) is 10.4 Å². The highest BCUT2D eigenvalue weighted by Crippen LogP contribution is 2.49. The number of aromatic nitrogens is 1. The number of amides is 1. The van der Waals surface area contributed by atoms with Crippen LogP contribution in [-0.4, -0.2) is 55.4 Å². The van der Waals surface area contributed by atoms with Gasteiger partial charge >= 0.3 is 0 Å². The van der Waals surface area contributed by atoms with Crippen molar-refractivity contribution >= 4 is 32.8 Å². The topological polar surface area (TPSA) is 103 Å². The van der Waals surface area contributed by atoms with Gasteiger partial charge in [-0.05, 0) is 43.4 Å². The van der Waals surface area contributed by atoms with Crippen LogP contribution >= 0.6 is 11.3 Å². The zero-order valence-electron chi connectivity index (χ0n) is 21.9. The second-order valence-electron chi connectivity index (χ2n) is 11.2. The molecular weight excluding hydrogens is 542 g/mol. The summed E-state index contributed by atoms with van der Waals surface area (Å²) in [5, 5.41) is 12.5. The van der Waals surface area contributed by atoms with Crippen LogP contribution in [0.15, 0.2) is 30.5 Å². The van der Waals surface area contributed by atoms with Crippen LogP contribution in [0.1, 0.15) is 70.1 Å². The van der Waals surface area contributed by atoms with E-state index in [1.807, 2.05) is 24.3 Å². The number of sulfone groups is 1. The molecular formula is C28H36F2N4O3S2. The van der Waals surface area contributed by atoms with Crippen molar-refractivity contribution in [2.24, 2.45) is 5.92 Å². The molecule has 4 aliphatic rings. The molecule has 1 aromatic carbocycles. The predicted molar refractivity (Wildman–Crippen MR) is 150 cm³/mol. The highest BCUT2D eigenvalue weighted by atomic mass is 32.2. The Balaban J connectivity index is 0.000000210. The van der Waals surface area contributed by atoms with Gasteiger partial charge in [-0.2, -0.15) is 5.26 Å². The minimum absolute atomic E-state index is 0. The van der Waals surface area contributed by atoms with Gasteiger partial charge in [-0.1, -0.05) is 31.4 Å². The minimum Gasteiger partial charge on any atom is -0.369 e. The van der Waals surface area contributed by atoms with Gasteiger partial charge < -0.3 is 10.2 Å². The second kappa shape index (κ2) is 11.1. The number of nitrogens with one attached hydrogen (secondary N) is 1. The summed E-state index contributed by atoms with van der Waals surface area (Å²) < 4.78 is 49.0. The molecule has 0 radical (unpaired) electrons. The van der Waals surface area contributed by atoms with Gasteiger partial charge in [0.2, 0.25) is 11.8 Å². The number of carbonyl (C=O) groups excluding carboxylic acids is 1. The van der Waals surface area contributed by atoms with E-state index < -0.39 is 21.3 Å². The fourth-order valence-corrected chi connectivity index (χ4v) is 7.57. The van der Waals surface area contributed by atoms with Crippen LogP contribution < -0.4 is 10.2 Å². The van der Waals surface area contributed by atoms with E-state index in [1.54, 1.807) is 6.20 Å². The van der Waals surface area contributed by atoms with E-state index in [-0.39, 0.29) is 43.5 Å². The number of hydrogen-bond acceptors (Lipinski definition) is 7. The van der Waals surface area contributed by atoms with Crippen LogP contribution in [0.2, 0.25) is 0 Å². The van der Waals surface area contributed by atoms with Gasteiger partial charge in [-0.15, -0.1) is 11.3 Å². The highest BCUT2D eigenvalue weighted by molar-refractivity contribution is 7.91. The lowest BCUT2D eigenvalue weighted by atomic mass is 9.82. The van der Waals surface area contributed by atoms with Gasteiger partial charge in [0.15, 0.2) is 9.84 Å². The molecule has 1 N–H and O–H groups in total. The maximum Gasteiger partial charge on any atom is 0.249 e. The Hall–Kier alpha value is -2.58. The Bertz CT molecular complexity index is 1310. The standard InChI is InChI=1S/C17H18F2N2O2S2.C11H16N2O.H2/c18-17(19)9-13(10-17)16-20-11-15(24-16)12-1-3-14(4-2-12)21-5-7-25(22,23)8-6-21;12-8-11(6-7-11)13-10(14)9-4-2-1-3-5-9;/h1-4,11,13H,5-10H2;9H,1-7H2,(H,13,14);1H. The van der Waals surface area contributed by atoms with Gasteiger partial charge in [0.25, 0.3) is 0 Å². The average Bonchev–Trinajstić information content (AvgIpc) is 3.51. The molecule has 1 aliphatic heterocycles. The van der Waals surface area contributed by atoms with Crippen LogP contribution in [-0.2, 0) is 14.6 Å². The molecule has 0 atom stereocenters. The number of anilines is 1. The van der Waals surface area contributed by atoms with Crippen LogP contribution in [0.3, 0.4) is 0 Å². The van der Waals surface area contributed by atoms with Crippen molar-refractivity contribution in [2.75, 3.05) is 29.5 Å². The first-order valence-corrected chi connectivity index (χ1v) is 16.3. The SMILES string of the molecule is N#CC1(NC(=O)C2CCCCC2)CC1.O=S1(=O)CCN(c2ccc(-c3cnc(C4CC(F)(F)C4)s3)cc2)CC1.[HH]. The largest absolute Gasteiger partial charge is 0.369 e. The number of thiazole rings is 1. The van der Waals surface area contributed by atoms with E-state index in [4.69, 9.17) is 5.26 Å². The van der Waals surface area contributed by atoms with E-state index in [9.17, 15) is 22.0 Å². The number of rotatable bonds is 5. The van der Waals surface area contributed by atoms with Crippen molar-refractivity contribution in [3.05, 3.63) is 35.5 Å². The molecule has 3 saturated carbocycles. The molecule has 1 aromatic heterocycles. The Kier molecular flexibility index (Phi) is 7.98. The number of carbonyl (C=O) groups is 1. The van der Waals surface area contributed by atoms with Gasteiger partial charge in [-0.3, -0.25) is 4.79 Å². The Labute approximate surface area is 234 Å². The zero-order chi connectivity index (χ0) is 27.7. The summed E-state index contributed by atoms with van der Waals surface area (Å²) in [6.07, 6.45) is 8.82. The molecule has 0 bridgehead atoms. The molecule has 2 aromatic rings. The summed E-state index contributed by atoms with van der Waals surface area (Å²) in [7, 11) is -2.89. The minimum atomic E-state index is -2.89. The van der Waals surface area contributed by atoms with Gasteiger partial charge in [-0.25, -0.2) is 22.2 Å². The third kappa shape index (κ3) is 6.95. The number of hydrogen-bond donors (Lipinski definition) is 1. The summed E-state index contributed by atoms with van der Waals surface area (Å²) in [5.41, 5.74) is 1.53. The monoisotopic (exact) mass is 578 g/mol. The summed E-state index contributed by atoms with van der Waals surface area (Å²) in [6, 6.07) is 10.1. The molecule has 3 aliphatic carbocycles. The van der Waals surface area contributed by atoms with Gasteiger partial charge in [0, 0.05) is 51.1 Å². The quantitative estimate of drug-likeness (QED) is 0.500. The van der Waals surface area contributed by atoms with Crippen molar-refractivity contribution in [2.45, 2.75) is 75.2 Å². The third-order valence-corrected chi connectivity index (χ3v) is 10.9. The first-order chi connectivity index (χ1) is 18.6. The maximum absolute atomic E-state index is 13.0. The smallest absolute Gasteiger partial charge is 0.249 e. The number of nitriles is 1. The fraction of sp³-hybridized carbons (Fsp3) is 0.607. The fourth-order valence-electron chi connectivity index (χ4n) is 5.35. The lowest BCUT2D eigenvalue weighted by molar-refractivity contribution is -0.126. The molecule has 0 unspecified atom stereocenters. The van der Waals surface area contributed by atoms with Crippen molar-refractivity contribution in [1.29, 1.82) is 5.26 Å². The Morgan fingerprint density at radius 2 is 1.74 bits per heavy atom. The maximum atomic E-state index is 13.0. The summed E-state index contributed by atoms with van der Waals surface area (Å²) in [6.45, 7) is 1.03. The van der Waals surface area contributed by atoms with E-state index in [1.165, 1.54) is 17.8 Å². The first kappa shape index (κ1) is 28.0. The van der Waals surface area contributed by atoms with Crippen molar-refractivity contribution in [3.8, 4) is 16.5 Å². The molecule has 1 amide bonds. The molecule has 2 heterocycles. The van der Waals surface area contributed by atoms with Crippen LogP contribution in [0.4, 0.5) is 14.5 Å². The number of benzene rings is 1. The normalized spacial score (nSPS) is 23.5. The van der Waals surface area contributed by atoms with Crippen molar-refractivity contribution in [3.63, 3.8) is 0 Å². The summed E-state index contributed by atoms with van der Waals surface area (Å²) in [5.74, 6) is -1.97. The second-order valence-corrected chi connectivity index (χ2v) is 14.6. The van der Waals surface area contributed by atoms with Gasteiger partial charge in [0.05, 0.1) is 27.5 Å². The summed E-state index contributed by atoms with van der Waals surface area (Å²) in [4.78, 5) is 19.1. The molecule has 212 valence electrons. The molecule has 6 rings (SSSR count). The van der Waals surface area contributed by atoms with Crippen LogP contribution in [0.5, 0.6) is 0 Å². The van der Waals surface area contributed by atoms with Crippen molar-refractivity contribution < 1.29 is 23.4 Å². The average molecular weight is 579 g/mol. The van der Waals surface area contributed by atoms with E-state index in [0.717, 1.165) is 59.7 Å². The van der Waals surface area contributed by atoms with Gasteiger partial charge in [0.1, 0.15) is 5.54 Å². The third-order valence-electron chi connectivity index (χ3n) is 8.13. The number of alkyl halides is 2. The predicted octanol–water partition coefficient (Wildman–Crippen LogP) is 5.54. The molecule has 4 fully saturated rings. The first-order valence-electron chi connectivity index (χ1n) is 13.7. The summed E-state index contributed by atoms with van der Waals surface area (Å²) >= 11 is 1.47. The highest BCUT2D eigenvalue weighted by Gasteiger charge is 2.47. The Morgan fingerprint density at radius 1 is 1.10 bits per heavy atom. The molecule has 11 heteroatoms. The van der Waals surface area contributed by atoms with E-state index in [2.05, 4.69) is 21.3 Å². The molecule has 39 heavy (non-hydrogen) atoms. The number of nitrogens with zero attached hydrogens (tertiary/aromatic N) is 3. The number of halogens is 2. The molecule has 0 spiro atoms. The Morgan fingerprint density at radius 3 is 2.31 bits per heavy atom. The van der Waals surface area contributed by atoms with Crippen molar-refractivity contribution in [1.82, 2.24) is 10.3 Å². The lowest BCUT2D eigenvalue weighted by Crippen LogP contribution is -2.40. The van der Waals surface area contributed by atoms with Crippen LogP contribution in [0, 0.1) is 17.2 Å². The van der Waals surface area contributed by atoms with E-state index in [0.29, 0.717) is 13.1 Å². The zero-order valence-corrected chi connectivity index (χ0v) is 23.5. The molecule has 1 saturated heterocycles. The lowest BCUT2D eigenvalue weighted by Gasteiger charge is -2.33. The van der Waals surface area contributed by atoms with E-state index >= 15 is 0 Å². The molecule has 7 nitrogen and oxygen atoms in total.